The van der Waals surface area contributed by atoms with Crippen LogP contribution in [0.3, 0.4) is 0 Å². The molecule has 0 radical (unpaired) electrons. The van der Waals surface area contributed by atoms with Crippen molar-refractivity contribution in [3.8, 4) is 0 Å². The topological polar surface area (TPSA) is 50.9 Å². The molecule has 4 heteroatoms. The number of rotatable bonds is 4. The van der Waals surface area contributed by atoms with E-state index < -0.39 is 0 Å². The summed E-state index contributed by atoms with van der Waals surface area (Å²) >= 11 is 1.73. The average molecular weight is 247 g/mol. The van der Waals surface area contributed by atoms with Gasteiger partial charge >= 0.3 is 0 Å². The minimum atomic E-state index is 0.346. The van der Waals surface area contributed by atoms with E-state index in [2.05, 4.69) is 34.1 Å². The van der Waals surface area contributed by atoms with Crippen LogP contribution in [0.1, 0.15) is 18.1 Å². The fourth-order valence-corrected chi connectivity index (χ4v) is 2.37. The predicted molar refractivity (Wildman–Crippen MR) is 74.5 cm³/mol. The summed E-state index contributed by atoms with van der Waals surface area (Å²) in [6.07, 6.45) is 2.80. The molecule has 0 aliphatic carbocycles. The predicted octanol–water partition coefficient (Wildman–Crippen LogP) is 3.08. The molecule has 17 heavy (non-hydrogen) atoms. The Kier molecular flexibility index (Phi) is 3.64. The minimum Gasteiger partial charge on any atom is -0.398 e. The molecule has 0 aliphatic heterocycles. The molecule has 1 unspecified atom stereocenters. The van der Waals surface area contributed by atoms with Gasteiger partial charge in [0, 0.05) is 24.0 Å². The maximum Gasteiger partial charge on any atom is 0.128 e. The summed E-state index contributed by atoms with van der Waals surface area (Å²) in [5, 5.41) is 7.64. The van der Waals surface area contributed by atoms with E-state index in [1.54, 1.807) is 17.5 Å². The largest absolute Gasteiger partial charge is 0.398 e. The van der Waals surface area contributed by atoms with Gasteiger partial charge < -0.3 is 11.1 Å². The number of nitrogens with two attached hydrogens (primary N) is 1. The number of hydrogen-bond donors (Lipinski definition) is 2. The van der Waals surface area contributed by atoms with Crippen LogP contribution in [0.25, 0.3) is 0 Å². The van der Waals surface area contributed by atoms with Gasteiger partial charge in [-0.2, -0.15) is 11.3 Å². The molecule has 0 saturated carbocycles. The summed E-state index contributed by atoms with van der Waals surface area (Å²) in [6.45, 7) is 4.11. The zero-order valence-electron chi connectivity index (χ0n) is 10.1. The lowest BCUT2D eigenvalue weighted by atomic mass is 10.1. The van der Waals surface area contributed by atoms with E-state index in [0.717, 1.165) is 23.5 Å². The Hall–Kier alpha value is -1.55. The highest BCUT2D eigenvalue weighted by atomic mass is 32.1. The first-order valence-electron chi connectivity index (χ1n) is 5.65. The maximum absolute atomic E-state index is 5.85. The van der Waals surface area contributed by atoms with E-state index in [0.29, 0.717) is 6.04 Å². The number of pyridine rings is 1. The van der Waals surface area contributed by atoms with Crippen LogP contribution in [0.15, 0.2) is 29.1 Å². The van der Waals surface area contributed by atoms with Crippen molar-refractivity contribution >= 4 is 22.8 Å². The van der Waals surface area contributed by atoms with Crippen LogP contribution >= 0.6 is 11.3 Å². The van der Waals surface area contributed by atoms with Crippen molar-refractivity contribution in [1.82, 2.24) is 4.98 Å². The molecule has 0 saturated heterocycles. The fourth-order valence-electron chi connectivity index (χ4n) is 1.68. The summed E-state index contributed by atoms with van der Waals surface area (Å²) in [6, 6.07) is 4.39. The van der Waals surface area contributed by atoms with Crippen molar-refractivity contribution in [2.75, 3.05) is 11.1 Å². The van der Waals surface area contributed by atoms with Crippen LogP contribution in [-0.4, -0.2) is 11.0 Å². The van der Waals surface area contributed by atoms with Crippen molar-refractivity contribution in [2.45, 2.75) is 26.3 Å². The van der Waals surface area contributed by atoms with Crippen LogP contribution in [0.5, 0.6) is 0 Å². The van der Waals surface area contributed by atoms with Crippen LogP contribution < -0.4 is 11.1 Å². The number of aromatic nitrogens is 1. The van der Waals surface area contributed by atoms with Gasteiger partial charge in [0.1, 0.15) is 5.82 Å². The smallest absolute Gasteiger partial charge is 0.128 e. The van der Waals surface area contributed by atoms with Crippen LogP contribution in [-0.2, 0) is 6.42 Å². The molecule has 3 nitrogen and oxygen atoms in total. The summed E-state index contributed by atoms with van der Waals surface area (Å²) in [5.74, 6) is 0.843. The van der Waals surface area contributed by atoms with Gasteiger partial charge in [-0.25, -0.2) is 4.98 Å². The Morgan fingerprint density at radius 1 is 1.53 bits per heavy atom. The normalized spacial score (nSPS) is 12.4. The van der Waals surface area contributed by atoms with Gasteiger partial charge in [-0.15, -0.1) is 0 Å². The van der Waals surface area contributed by atoms with E-state index in [1.165, 1.54) is 5.56 Å². The zero-order valence-corrected chi connectivity index (χ0v) is 10.9. The first-order chi connectivity index (χ1) is 8.15. The molecule has 2 aromatic rings. The number of hydrogen-bond acceptors (Lipinski definition) is 4. The Labute approximate surface area is 106 Å². The Balaban J connectivity index is 1.98. The molecular formula is C13H17N3S. The molecule has 0 amide bonds. The van der Waals surface area contributed by atoms with Crippen LogP contribution in [0.4, 0.5) is 11.5 Å². The lowest BCUT2D eigenvalue weighted by Gasteiger charge is -2.14. The third-order valence-electron chi connectivity index (χ3n) is 2.66. The van der Waals surface area contributed by atoms with Gasteiger partial charge in [0.05, 0.1) is 0 Å². The van der Waals surface area contributed by atoms with Crippen LogP contribution in [0.2, 0.25) is 0 Å². The van der Waals surface area contributed by atoms with Gasteiger partial charge in [0.15, 0.2) is 0 Å². The van der Waals surface area contributed by atoms with Gasteiger partial charge in [-0.1, -0.05) is 0 Å². The van der Waals surface area contributed by atoms with Gasteiger partial charge in [-0.05, 0) is 48.2 Å². The highest BCUT2D eigenvalue weighted by molar-refractivity contribution is 7.07. The van der Waals surface area contributed by atoms with Crippen molar-refractivity contribution in [1.29, 1.82) is 0 Å². The van der Waals surface area contributed by atoms with Gasteiger partial charge in [0.2, 0.25) is 0 Å². The first kappa shape index (κ1) is 11.9. The quantitative estimate of drug-likeness (QED) is 0.873. The van der Waals surface area contributed by atoms with E-state index in [4.69, 9.17) is 5.73 Å². The minimum absolute atomic E-state index is 0.346. The molecule has 0 aliphatic rings. The van der Waals surface area contributed by atoms with Crippen LogP contribution in [0, 0.1) is 6.92 Å². The van der Waals surface area contributed by atoms with E-state index in [-0.39, 0.29) is 0 Å². The fraction of sp³-hybridized carbons (Fsp3) is 0.308. The average Bonchev–Trinajstić information content (AvgIpc) is 2.76. The zero-order chi connectivity index (χ0) is 12.3. The van der Waals surface area contributed by atoms with E-state index in [1.807, 2.05) is 13.0 Å². The highest BCUT2D eigenvalue weighted by Gasteiger charge is 2.05. The summed E-state index contributed by atoms with van der Waals surface area (Å²) in [5.41, 5.74) is 9.01. The van der Waals surface area contributed by atoms with Crippen molar-refractivity contribution < 1.29 is 0 Å². The maximum atomic E-state index is 5.85. The van der Waals surface area contributed by atoms with Crippen molar-refractivity contribution in [2.24, 2.45) is 0 Å². The van der Waals surface area contributed by atoms with Crippen molar-refractivity contribution in [3.05, 3.63) is 40.2 Å². The first-order valence-corrected chi connectivity index (χ1v) is 6.59. The highest BCUT2D eigenvalue weighted by Crippen LogP contribution is 2.16. The number of aryl methyl sites for hydroxylation is 1. The molecule has 2 heterocycles. The van der Waals surface area contributed by atoms with Crippen molar-refractivity contribution in [3.63, 3.8) is 0 Å². The lowest BCUT2D eigenvalue weighted by Crippen LogP contribution is -2.18. The molecular weight excluding hydrogens is 230 g/mol. The molecule has 2 rings (SSSR count). The number of nitrogen functional groups attached to an aromatic ring is 1. The summed E-state index contributed by atoms with van der Waals surface area (Å²) in [4.78, 5) is 4.32. The molecule has 1 atom stereocenters. The number of anilines is 2. The van der Waals surface area contributed by atoms with E-state index in [9.17, 15) is 0 Å². The van der Waals surface area contributed by atoms with Gasteiger partial charge in [-0.3, -0.25) is 0 Å². The molecule has 0 spiro atoms. The standard InChI is InChI=1S/C13H17N3S/c1-9-7-15-13(6-12(9)14)16-10(2)5-11-3-4-17-8-11/h3-4,6-8,10H,5H2,1-2H3,(H3,14,15,16). The molecule has 2 aromatic heterocycles. The van der Waals surface area contributed by atoms with E-state index >= 15 is 0 Å². The monoisotopic (exact) mass is 247 g/mol. The third kappa shape index (κ3) is 3.20. The third-order valence-corrected chi connectivity index (χ3v) is 3.39. The molecule has 3 N–H and O–H groups in total. The second kappa shape index (κ2) is 5.19. The second-order valence-electron chi connectivity index (χ2n) is 4.31. The molecule has 0 aromatic carbocycles. The lowest BCUT2D eigenvalue weighted by molar-refractivity contribution is 0.787. The summed E-state index contributed by atoms with van der Waals surface area (Å²) in [7, 11) is 0. The van der Waals surface area contributed by atoms with Gasteiger partial charge in [0.25, 0.3) is 0 Å². The number of thiophene rings is 1. The molecule has 0 bridgehead atoms. The Morgan fingerprint density at radius 3 is 3.00 bits per heavy atom. The Bertz CT molecular complexity index is 479. The molecule has 90 valence electrons. The second-order valence-corrected chi connectivity index (χ2v) is 5.09. The number of nitrogens with zero attached hydrogens (tertiary/aromatic N) is 1. The number of nitrogens with one attached hydrogen (secondary N) is 1. The molecule has 0 fully saturated rings. The summed E-state index contributed by atoms with van der Waals surface area (Å²) < 4.78 is 0. The Morgan fingerprint density at radius 2 is 2.35 bits per heavy atom. The SMILES string of the molecule is Cc1cnc(NC(C)Cc2ccsc2)cc1N.